The number of rotatable bonds is 2. The third-order valence-corrected chi connectivity index (χ3v) is 3.77. The van der Waals surface area contributed by atoms with Crippen molar-refractivity contribution in [3.63, 3.8) is 0 Å². The molecule has 0 aliphatic heterocycles. The zero-order valence-electron chi connectivity index (χ0n) is 11.3. The van der Waals surface area contributed by atoms with E-state index in [0.29, 0.717) is 17.5 Å². The number of carbonyl (C=O) groups is 3. The molecule has 2 aromatic rings. The Hall–Kier alpha value is -2.75. The van der Waals surface area contributed by atoms with Gasteiger partial charge in [0.05, 0.1) is 5.56 Å². The first-order valence-corrected chi connectivity index (χ1v) is 6.63. The third-order valence-electron chi connectivity index (χ3n) is 3.77. The molecule has 0 aromatic heterocycles. The van der Waals surface area contributed by atoms with Gasteiger partial charge in [0, 0.05) is 22.3 Å². The molecular formula is C17H12O4. The Bertz CT molecular complexity index is 802. The number of benzene rings is 2. The standard InChI is InChI=1S/C17H12O4/c1-2-9-7-8-12-14(13(9)17(20)21)16(19)11-6-4-3-5-10(11)15(12)18/h3-8H,2H2,1H3,(H,20,21). The van der Waals surface area contributed by atoms with E-state index in [9.17, 15) is 19.5 Å². The van der Waals surface area contributed by atoms with E-state index < -0.39 is 11.8 Å². The predicted octanol–water partition coefficient (Wildman–Crippen LogP) is 2.72. The number of carboxylic acids is 1. The summed E-state index contributed by atoms with van der Waals surface area (Å²) < 4.78 is 0. The zero-order valence-corrected chi connectivity index (χ0v) is 11.3. The summed E-state index contributed by atoms with van der Waals surface area (Å²) in [5, 5.41) is 9.44. The van der Waals surface area contributed by atoms with Gasteiger partial charge in [-0.15, -0.1) is 0 Å². The number of carbonyl (C=O) groups excluding carboxylic acids is 2. The SMILES string of the molecule is CCc1ccc2c(c1C(=O)O)C(=O)c1ccccc1C2=O. The predicted molar refractivity (Wildman–Crippen MR) is 76.1 cm³/mol. The molecule has 0 saturated carbocycles. The Morgan fingerprint density at radius 3 is 2.14 bits per heavy atom. The normalized spacial score (nSPS) is 12.8. The molecule has 104 valence electrons. The van der Waals surface area contributed by atoms with Crippen LogP contribution in [-0.4, -0.2) is 22.6 Å². The van der Waals surface area contributed by atoms with E-state index in [0.717, 1.165) is 0 Å². The van der Waals surface area contributed by atoms with Gasteiger partial charge in [-0.2, -0.15) is 0 Å². The molecule has 1 aliphatic rings. The number of ketones is 2. The van der Waals surface area contributed by atoms with Crippen LogP contribution < -0.4 is 0 Å². The summed E-state index contributed by atoms with van der Waals surface area (Å²) in [5.41, 5.74) is 1.30. The van der Waals surface area contributed by atoms with Crippen molar-refractivity contribution < 1.29 is 19.5 Å². The Morgan fingerprint density at radius 2 is 1.57 bits per heavy atom. The summed E-state index contributed by atoms with van der Waals surface area (Å²) in [6, 6.07) is 9.67. The highest BCUT2D eigenvalue weighted by Crippen LogP contribution is 2.31. The van der Waals surface area contributed by atoms with Crippen molar-refractivity contribution in [3.8, 4) is 0 Å². The number of hydrogen-bond donors (Lipinski definition) is 1. The molecule has 0 spiro atoms. The quantitative estimate of drug-likeness (QED) is 0.783. The average Bonchev–Trinajstić information content (AvgIpc) is 2.51. The second-order valence-corrected chi connectivity index (χ2v) is 4.88. The van der Waals surface area contributed by atoms with Crippen LogP contribution in [0.25, 0.3) is 0 Å². The molecule has 1 aliphatic carbocycles. The van der Waals surface area contributed by atoms with Gasteiger partial charge in [0.25, 0.3) is 0 Å². The molecule has 4 heteroatoms. The second kappa shape index (κ2) is 4.66. The monoisotopic (exact) mass is 280 g/mol. The summed E-state index contributed by atoms with van der Waals surface area (Å²) in [6.07, 6.45) is 0.484. The van der Waals surface area contributed by atoms with Gasteiger partial charge in [-0.25, -0.2) is 4.79 Å². The highest BCUT2D eigenvalue weighted by Gasteiger charge is 2.34. The third kappa shape index (κ3) is 1.80. The maximum absolute atomic E-state index is 12.6. The fourth-order valence-corrected chi connectivity index (χ4v) is 2.77. The first kappa shape index (κ1) is 13.2. The summed E-state index contributed by atoms with van der Waals surface area (Å²) in [7, 11) is 0. The van der Waals surface area contributed by atoms with Gasteiger partial charge in [-0.05, 0) is 18.1 Å². The summed E-state index contributed by atoms with van der Waals surface area (Å²) >= 11 is 0. The van der Waals surface area contributed by atoms with Gasteiger partial charge in [0.15, 0.2) is 11.6 Å². The molecule has 21 heavy (non-hydrogen) atoms. The van der Waals surface area contributed by atoms with Crippen molar-refractivity contribution in [2.24, 2.45) is 0 Å². The van der Waals surface area contributed by atoms with Crippen molar-refractivity contribution in [3.05, 3.63) is 69.8 Å². The molecule has 3 rings (SSSR count). The van der Waals surface area contributed by atoms with E-state index in [1.165, 1.54) is 0 Å². The number of aryl methyl sites for hydroxylation is 1. The van der Waals surface area contributed by atoms with Crippen LogP contribution in [0.3, 0.4) is 0 Å². The van der Waals surface area contributed by atoms with E-state index in [2.05, 4.69) is 0 Å². The van der Waals surface area contributed by atoms with Crippen molar-refractivity contribution >= 4 is 17.5 Å². The zero-order chi connectivity index (χ0) is 15.1. The lowest BCUT2D eigenvalue weighted by molar-refractivity contribution is 0.0691. The lowest BCUT2D eigenvalue weighted by Gasteiger charge is -2.20. The minimum Gasteiger partial charge on any atom is -0.478 e. The van der Waals surface area contributed by atoms with E-state index in [4.69, 9.17) is 0 Å². The Kier molecular flexibility index (Phi) is 2.94. The van der Waals surface area contributed by atoms with E-state index in [1.54, 1.807) is 36.4 Å². The van der Waals surface area contributed by atoms with Crippen LogP contribution >= 0.6 is 0 Å². The Balaban J connectivity index is 2.38. The maximum Gasteiger partial charge on any atom is 0.336 e. The molecule has 0 amide bonds. The minimum absolute atomic E-state index is 0.0190. The van der Waals surface area contributed by atoms with Crippen molar-refractivity contribution in [1.29, 1.82) is 0 Å². The van der Waals surface area contributed by atoms with Gasteiger partial charge in [0.1, 0.15) is 0 Å². The van der Waals surface area contributed by atoms with E-state index >= 15 is 0 Å². The van der Waals surface area contributed by atoms with Gasteiger partial charge in [0.2, 0.25) is 0 Å². The van der Waals surface area contributed by atoms with Crippen molar-refractivity contribution in [2.75, 3.05) is 0 Å². The molecule has 0 unspecified atom stereocenters. The summed E-state index contributed by atoms with van der Waals surface area (Å²) in [4.78, 5) is 36.7. The van der Waals surface area contributed by atoms with Crippen LogP contribution in [0, 0.1) is 0 Å². The fraction of sp³-hybridized carbons (Fsp3) is 0.118. The lowest BCUT2D eigenvalue weighted by Crippen LogP contribution is -2.24. The largest absolute Gasteiger partial charge is 0.478 e. The molecule has 0 saturated heterocycles. The first-order valence-electron chi connectivity index (χ1n) is 6.63. The Labute approximate surface area is 121 Å². The molecule has 2 aromatic carbocycles. The molecule has 1 N–H and O–H groups in total. The highest BCUT2D eigenvalue weighted by atomic mass is 16.4. The summed E-state index contributed by atoms with van der Waals surface area (Å²) in [6.45, 7) is 1.82. The van der Waals surface area contributed by atoms with Crippen LogP contribution in [0.4, 0.5) is 0 Å². The second-order valence-electron chi connectivity index (χ2n) is 4.88. The average molecular weight is 280 g/mol. The number of hydrogen-bond acceptors (Lipinski definition) is 3. The van der Waals surface area contributed by atoms with Crippen molar-refractivity contribution in [2.45, 2.75) is 13.3 Å². The molecule has 0 fully saturated rings. The van der Waals surface area contributed by atoms with Crippen LogP contribution in [0.15, 0.2) is 36.4 Å². The highest BCUT2D eigenvalue weighted by molar-refractivity contribution is 6.30. The number of carboxylic acid groups (broad SMARTS) is 1. The topological polar surface area (TPSA) is 71.4 Å². The molecule has 0 bridgehead atoms. The minimum atomic E-state index is -1.18. The van der Waals surface area contributed by atoms with Crippen LogP contribution in [-0.2, 0) is 6.42 Å². The van der Waals surface area contributed by atoms with Crippen LogP contribution in [0.5, 0.6) is 0 Å². The van der Waals surface area contributed by atoms with Gasteiger partial charge < -0.3 is 5.11 Å². The Morgan fingerprint density at radius 1 is 0.952 bits per heavy atom. The number of fused-ring (bicyclic) bond motifs is 2. The molecule has 0 radical (unpaired) electrons. The van der Waals surface area contributed by atoms with Crippen LogP contribution in [0.2, 0.25) is 0 Å². The fourth-order valence-electron chi connectivity index (χ4n) is 2.77. The maximum atomic E-state index is 12.6. The van der Waals surface area contributed by atoms with Crippen LogP contribution in [0.1, 0.15) is 54.7 Å². The molecule has 4 nitrogen and oxygen atoms in total. The molecule has 0 heterocycles. The summed E-state index contributed by atoms with van der Waals surface area (Å²) in [5.74, 6) is -1.87. The van der Waals surface area contributed by atoms with Gasteiger partial charge in [-0.1, -0.05) is 37.3 Å². The smallest absolute Gasteiger partial charge is 0.336 e. The molecular weight excluding hydrogens is 268 g/mol. The number of aromatic carboxylic acids is 1. The first-order chi connectivity index (χ1) is 10.1. The molecule has 0 atom stereocenters. The van der Waals surface area contributed by atoms with Crippen molar-refractivity contribution in [1.82, 2.24) is 0 Å². The lowest BCUT2D eigenvalue weighted by atomic mass is 9.80. The van der Waals surface area contributed by atoms with E-state index in [-0.39, 0.29) is 28.0 Å². The van der Waals surface area contributed by atoms with Gasteiger partial charge >= 0.3 is 5.97 Å². The van der Waals surface area contributed by atoms with Gasteiger partial charge in [-0.3, -0.25) is 9.59 Å². The van der Waals surface area contributed by atoms with E-state index in [1.807, 2.05) is 6.92 Å².